The van der Waals surface area contributed by atoms with E-state index in [1.54, 1.807) is 0 Å². The van der Waals surface area contributed by atoms with Crippen molar-refractivity contribution in [2.75, 3.05) is 0 Å². The highest BCUT2D eigenvalue weighted by molar-refractivity contribution is 6.22. The van der Waals surface area contributed by atoms with Gasteiger partial charge in [-0.25, -0.2) is 0 Å². The number of allylic oxidation sites excluding steroid dienone is 2. The summed E-state index contributed by atoms with van der Waals surface area (Å²) in [6.45, 7) is 8.93. The normalized spacial score (nSPS) is 23.4. The first-order chi connectivity index (χ1) is 7.87. The number of hydrogen-bond acceptors (Lipinski definition) is 0. The van der Waals surface area contributed by atoms with Gasteiger partial charge in [0, 0.05) is 0 Å². The van der Waals surface area contributed by atoms with Gasteiger partial charge >= 0.3 is 0 Å². The molecule has 0 saturated heterocycles. The van der Waals surface area contributed by atoms with Crippen LogP contribution in [-0.2, 0) is 0 Å². The topological polar surface area (TPSA) is 0 Å². The van der Waals surface area contributed by atoms with Crippen LogP contribution in [0, 0.1) is 19.3 Å². The summed E-state index contributed by atoms with van der Waals surface area (Å²) in [5.74, 6) is 0. The third-order valence-electron chi connectivity index (χ3n) is 3.68. The van der Waals surface area contributed by atoms with Gasteiger partial charge in [0.2, 0.25) is 0 Å². The Bertz CT molecular complexity index is 455. The molecule has 0 saturated carbocycles. The molecule has 0 radical (unpaired) electrons. The molecule has 0 aromatic heterocycles. The van der Waals surface area contributed by atoms with E-state index in [1.807, 2.05) is 0 Å². The molecule has 1 heteroatoms. The molecule has 1 aromatic carbocycles. The van der Waals surface area contributed by atoms with Crippen molar-refractivity contribution in [2.45, 2.75) is 45.9 Å². The monoisotopic (exact) mass is 248 g/mol. The van der Waals surface area contributed by atoms with Gasteiger partial charge in [0.1, 0.15) is 0 Å². The molecule has 0 heterocycles. The zero-order valence-electron chi connectivity index (χ0n) is 11.2. The van der Waals surface area contributed by atoms with E-state index in [9.17, 15) is 0 Å². The summed E-state index contributed by atoms with van der Waals surface area (Å²) < 4.78 is 0. The van der Waals surface area contributed by atoms with Crippen molar-refractivity contribution in [1.82, 2.24) is 0 Å². The van der Waals surface area contributed by atoms with E-state index in [0.29, 0.717) is 5.41 Å². The zero-order valence-corrected chi connectivity index (χ0v) is 11.9. The summed E-state index contributed by atoms with van der Waals surface area (Å²) in [7, 11) is 0. The van der Waals surface area contributed by atoms with Crippen LogP contribution in [-0.4, -0.2) is 5.38 Å². The van der Waals surface area contributed by atoms with Gasteiger partial charge in [-0.3, -0.25) is 0 Å². The van der Waals surface area contributed by atoms with E-state index in [1.165, 1.54) is 22.3 Å². The fraction of sp³-hybridized carbons (Fsp3) is 0.500. The lowest BCUT2D eigenvalue weighted by Gasteiger charge is -2.32. The average molecular weight is 249 g/mol. The third-order valence-corrected chi connectivity index (χ3v) is 3.96. The van der Waals surface area contributed by atoms with Crippen molar-refractivity contribution >= 4 is 17.2 Å². The fourth-order valence-corrected chi connectivity index (χ4v) is 3.16. The van der Waals surface area contributed by atoms with Crippen LogP contribution in [0.3, 0.4) is 0 Å². The van der Waals surface area contributed by atoms with Gasteiger partial charge < -0.3 is 0 Å². The molecule has 0 bridgehead atoms. The number of hydrogen-bond donors (Lipinski definition) is 0. The maximum Gasteiger partial charge on any atom is 0.0527 e. The Morgan fingerprint density at radius 2 is 1.88 bits per heavy atom. The van der Waals surface area contributed by atoms with Crippen LogP contribution in [0.1, 0.15) is 43.4 Å². The smallest absolute Gasteiger partial charge is 0.0527 e. The van der Waals surface area contributed by atoms with Gasteiger partial charge in [-0.05, 0) is 54.4 Å². The van der Waals surface area contributed by atoms with E-state index >= 15 is 0 Å². The van der Waals surface area contributed by atoms with Crippen LogP contribution < -0.4 is 0 Å². The van der Waals surface area contributed by atoms with E-state index in [2.05, 4.69) is 52.0 Å². The molecule has 17 heavy (non-hydrogen) atoms. The minimum absolute atomic E-state index is 0.176. The summed E-state index contributed by atoms with van der Waals surface area (Å²) in [4.78, 5) is 0. The molecule has 0 amide bonds. The van der Waals surface area contributed by atoms with E-state index in [4.69, 9.17) is 11.6 Å². The summed E-state index contributed by atoms with van der Waals surface area (Å²) in [5.41, 5.74) is 5.77. The molecule has 0 fully saturated rings. The molecule has 0 spiro atoms. The van der Waals surface area contributed by atoms with Crippen molar-refractivity contribution in [1.29, 1.82) is 0 Å². The molecule has 1 aliphatic carbocycles. The van der Waals surface area contributed by atoms with E-state index < -0.39 is 0 Å². The lowest BCUT2D eigenvalue weighted by atomic mass is 9.75. The number of alkyl halides is 1. The van der Waals surface area contributed by atoms with Gasteiger partial charge in [0.15, 0.2) is 0 Å². The van der Waals surface area contributed by atoms with Crippen LogP contribution in [0.4, 0.5) is 0 Å². The summed E-state index contributed by atoms with van der Waals surface area (Å²) in [6.07, 6.45) is 4.43. The average Bonchev–Trinajstić information content (AvgIpc) is 2.19. The van der Waals surface area contributed by atoms with Crippen molar-refractivity contribution in [2.24, 2.45) is 5.41 Å². The molecule has 0 N–H and O–H groups in total. The van der Waals surface area contributed by atoms with Gasteiger partial charge in [-0.1, -0.05) is 38.1 Å². The predicted octanol–water partition coefficient (Wildman–Crippen LogP) is 5.11. The first-order valence-electron chi connectivity index (χ1n) is 6.30. The van der Waals surface area contributed by atoms with Crippen LogP contribution >= 0.6 is 11.6 Å². The molecule has 1 aliphatic rings. The molecule has 2 rings (SSSR count). The SMILES string of the molecule is Cc1ccc(C2=CC(Cl)CC(C)(C)C2)cc1C. The minimum Gasteiger partial charge on any atom is -0.118 e. The number of rotatable bonds is 1. The van der Waals surface area contributed by atoms with Crippen LogP contribution in [0.5, 0.6) is 0 Å². The Balaban J connectivity index is 2.36. The van der Waals surface area contributed by atoms with Crippen molar-refractivity contribution in [3.05, 3.63) is 41.0 Å². The highest BCUT2D eigenvalue weighted by Gasteiger charge is 2.28. The predicted molar refractivity (Wildman–Crippen MR) is 76.5 cm³/mol. The maximum absolute atomic E-state index is 6.34. The zero-order chi connectivity index (χ0) is 12.6. The Hall–Kier alpha value is -0.750. The molecule has 0 nitrogen and oxygen atoms in total. The summed E-state index contributed by atoms with van der Waals surface area (Å²) in [5, 5.41) is 0.176. The lowest BCUT2D eigenvalue weighted by molar-refractivity contribution is 0.340. The molecule has 1 aromatic rings. The molecule has 92 valence electrons. The third kappa shape index (κ3) is 2.93. The van der Waals surface area contributed by atoms with Gasteiger partial charge in [-0.15, -0.1) is 11.6 Å². The molecular weight excluding hydrogens is 228 g/mol. The Labute approximate surface area is 110 Å². The van der Waals surface area contributed by atoms with Crippen LogP contribution in [0.2, 0.25) is 0 Å². The van der Waals surface area contributed by atoms with E-state index in [0.717, 1.165) is 12.8 Å². The highest BCUT2D eigenvalue weighted by Crippen LogP contribution is 2.41. The number of halogens is 1. The number of benzene rings is 1. The quantitative estimate of drug-likeness (QED) is 0.606. The Morgan fingerprint density at radius 1 is 1.18 bits per heavy atom. The van der Waals surface area contributed by atoms with Gasteiger partial charge in [0.25, 0.3) is 0 Å². The first kappa shape index (κ1) is 12.7. The minimum atomic E-state index is 0.176. The van der Waals surface area contributed by atoms with Gasteiger partial charge in [0.05, 0.1) is 5.38 Å². The van der Waals surface area contributed by atoms with Gasteiger partial charge in [-0.2, -0.15) is 0 Å². The second kappa shape index (κ2) is 4.49. The fourth-order valence-electron chi connectivity index (χ4n) is 2.59. The second-order valence-electron chi connectivity index (χ2n) is 6.05. The first-order valence-corrected chi connectivity index (χ1v) is 6.73. The molecule has 1 unspecified atom stereocenters. The summed E-state index contributed by atoms with van der Waals surface area (Å²) in [6, 6.07) is 6.71. The Kier molecular flexibility index (Phi) is 3.36. The van der Waals surface area contributed by atoms with Crippen molar-refractivity contribution in [3.63, 3.8) is 0 Å². The highest BCUT2D eigenvalue weighted by atomic mass is 35.5. The standard InChI is InChI=1S/C16H21Cl/c1-11-5-6-13(7-12(11)2)14-8-15(17)10-16(3,4)9-14/h5-8,15H,9-10H2,1-4H3. The summed E-state index contributed by atoms with van der Waals surface area (Å²) >= 11 is 6.34. The van der Waals surface area contributed by atoms with Crippen LogP contribution in [0.25, 0.3) is 5.57 Å². The van der Waals surface area contributed by atoms with Crippen LogP contribution in [0.15, 0.2) is 24.3 Å². The maximum atomic E-state index is 6.34. The molecular formula is C16H21Cl. The van der Waals surface area contributed by atoms with Crippen molar-refractivity contribution in [3.8, 4) is 0 Å². The Morgan fingerprint density at radius 3 is 2.47 bits per heavy atom. The van der Waals surface area contributed by atoms with Crippen molar-refractivity contribution < 1.29 is 0 Å². The number of aryl methyl sites for hydroxylation is 2. The molecule has 1 atom stereocenters. The lowest BCUT2D eigenvalue weighted by Crippen LogP contribution is -2.21. The van der Waals surface area contributed by atoms with E-state index in [-0.39, 0.29) is 5.38 Å². The second-order valence-corrected chi connectivity index (χ2v) is 6.61. The molecule has 0 aliphatic heterocycles. The largest absolute Gasteiger partial charge is 0.118 e.